The number of hydrogen-bond donors (Lipinski definition) is 0. The van der Waals surface area contributed by atoms with Gasteiger partial charge in [-0.2, -0.15) is 0 Å². The third-order valence-corrected chi connectivity index (χ3v) is 11.9. The quantitative estimate of drug-likeness (QED) is 0.175. The van der Waals surface area contributed by atoms with Crippen molar-refractivity contribution in [3.8, 4) is 33.6 Å². The minimum absolute atomic E-state index is 1.18. The van der Waals surface area contributed by atoms with Gasteiger partial charge in [0.2, 0.25) is 0 Å². The van der Waals surface area contributed by atoms with E-state index in [4.69, 9.17) is 0 Å². The van der Waals surface area contributed by atoms with Gasteiger partial charge in [-0.15, -0.1) is 11.3 Å². The average molecular weight is 681 g/mol. The molecule has 3 heteroatoms. The van der Waals surface area contributed by atoms with Gasteiger partial charge < -0.3 is 9.13 Å². The lowest BCUT2D eigenvalue weighted by atomic mass is 9.99. The SMILES string of the molecule is Cc1ccc(-c2ccc3sc4ccccc4c3c2)c(-n2c3ccccc3c3cc(-c4ccc5c(c4)c4ccccc4n5-c4ccccc4)ccc32)c1. The van der Waals surface area contributed by atoms with Crippen molar-refractivity contribution < 1.29 is 0 Å². The molecule has 0 unspecified atom stereocenters. The van der Waals surface area contributed by atoms with Crippen LogP contribution in [0.3, 0.4) is 0 Å². The van der Waals surface area contributed by atoms with Gasteiger partial charge in [0.25, 0.3) is 0 Å². The van der Waals surface area contributed by atoms with E-state index in [-0.39, 0.29) is 0 Å². The Labute approximate surface area is 305 Å². The topological polar surface area (TPSA) is 9.86 Å². The van der Waals surface area contributed by atoms with Crippen molar-refractivity contribution >= 4 is 75.1 Å². The second kappa shape index (κ2) is 11.3. The molecule has 0 radical (unpaired) electrons. The second-order valence-corrected chi connectivity index (χ2v) is 14.9. The lowest BCUT2D eigenvalue weighted by Gasteiger charge is -2.15. The molecule has 11 aromatic rings. The standard InChI is InChI=1S/C49H32N2S/c1-31-19-23-36(34-22-26-49-42(30-34)39-15-7-10-18-48(39)52-49)47(27-31)51-44-17-9-6-14-38(44)41-29-33(21-25-46(41)51)32-20-24-45-40(28-32)37-13-5-8-16-43(37)50(45)35-11-3-2-4-12-35/h2-30H,1H3. The maximum Gasteiger partial charge on any atom is 0.0543 e. The molecule has 0 saturated carbocycles. The monoisotopic (exact) mass is 680 g/mol. The van der Waals surface area contributed by atoms with Crippen LogP contribution in [0.5, 0.6) is 0 Å². The van der Waals surface area contributed by atoms with E-state index in [1.807, 2.05) is 11.3 Å². The van der Waals surface area contributed by atoms with E-state index in [9.17, 15) is 0 Å². The summed E-state index contributed by atoms with van der Waals surface area (Å²) in [4.78, 5) is 0. The van der Waals surface area contributed by atoms with Crippen LogP contribution in [-0.4, -0.2) is 9.13 Å². The first kappa shape index (κ1) is 29.3. The van der Waals surface area contributed by atoms with Crippen molar-refractivity contribution in [2.45, 2.75) is 6.92 Å². The van der Waals surface area contributed by atoms with Crippen molar-refractivity contribution in [2.75, 3.05) is 0 Å². The van der Waals surface area contributed by atoms with Gasteiger partial charge in [-0.1, -0.05) is 103 Å². The van der Waals surface area contributed by atoms with Crippen LogP contribution < -0.4 is 0 Å². The fourth-order valence-electron chi connectivity index (χ4n) is 8.38. The molecule has 0 fully saturated rings. The van der Waals surface area contributed by atoms with E-state index in [2.05, 4.69) is 192 Å². The minimum Gasteiger partial charge on any atom is -0.309 e. The highest BCUT2D eigenvalue weighted by atomic mass is 32.1. The molecule has 0 atom stereocenters. The zero-order valence-corrected chi connectivity index (χ0v) is 29.4. The molecule has 0 aliphatic carbocycles. The summed E-state index contributed by atoms with van der Waals surface area (Å²) in [5.41, 5.74) is 13.4. The van der Waals surface area contributed by atoms with Crippen LogP contribution in [0, 0.1) is 6.92 Å². The molecule has 3 heterocycles. The van der Waals surface area contributed by atoms with Crippen molar-refractivity contribution in [2.24, 2.45) is 0 Å². The second-order valence-electron chi connectivity index (χ2n) is 13.8. The highest BCUT2D eigenvalue weighted by Gasteiger charge is 2.18. The van der Waals surface area contributed by atoms with E-state index in [1.54, 1.807) is 0 Å². The Bertz CT molecular complexity index is 3190. The summed E-state index contributed by atoms with van der Waals surface area (Å²) in [5, 5.41) is 7.69. The number of hydrogen-bond acceptors (Lipinski definition) is 1. The number of aryl methyl sites for hydroxylation is 1. The summed E-state index contributed by atoms with van der Waals surface area (Å²) in [5.74, 6) is 0. The molecule has 0 amide bonds. The van der Waals surface area contributed by atoms with Crippen LogP contribution in [0.1, 0.15) is 5.56 Å². The van der Waals surface area contributed by atoms with Gasteiger partial charge in [0.1, 0.15) is 0 Å². The molecule has 8 aromatic carbocycles. The summed E-state index contributed by atoms with van der Waals surface area (Å²) in [6.45, 7) is 2.19. The van der Waals surface area contributed by atoms with E-state index < -0.39 is 0 Å². The molecular formula is C49H32N2S. The van der Waals surface area contributed by atoms with Gasteiger partial charge in [-0.25, -0.2) is 0 Å². The van der Waals surface area contributed by atoms with Crippen LogP contribution >= 0.6 is 11.3 Å². The van der Waals surface area contributed by atoms with Crippen molar-refractivity contribution in [1.29, 1.82) is 0 Å². The predicted octanol–water partition coefficient (Wildman–Crippen LogP) is 13.9. The molecule has 244 valence electrons. The maximum atomic E-state index is 2.48. The molecule has 0 saturated heterocycles. The smallest absolute Gasteiger partial charge is 0.0543 e. The number of thiophene rings is 1. The molecule has 0 N–H and O–H groups in total. The molecule has 2 nitrogen and oxygen atoms in total. The van der Waals surface area contributed by atoms with E-state index >= 15 is 0 Å². The van der Waals surface area contributed by atoms with Crippen molar-refractivity contribution in [1.82, 2.24) is 9.13 Å². The Kier molecular flexibility index (Phi) is 6.37. The van der Waals surface area contributed by atoms with Crippen molar-refractivity contribution in [3.63, 3.8) is 0 Å². The largest absolute Gasteiger partial charge is 0.309 e. The molecule has 0 bridgehead atoms. The molecule has 3 aromatic heterocycles. The molecule has 0 spiro atoms. The number of para-hydroxylation sites is 3. The zero-order chi connectivity index (χ0) is 34.3. The van der Waals surface area contributed by atoms with E-state index in [0.29, 0.717) is 0 Å². The predicted molar refractivity (Wildman–Crippen MR) is 224 cm³/mol. The third kappa shape index (κ3) is 4.36. The third-order valence-electron chi connectivity index (χ3n) is 10.8. The molecular weight excluding hydrogens is 649 g/mol. The first-order valence-electron chi connectivity index (χ1n) is 17.8. The number of benzene rings is 8. The number of aromatic nitrogens is 2. The molecule has 11 rings (SSSR count). The van der Waals surface area contributed by atoms with E-state index in [1.165, 1.54) is 103 Å². The van der Waals surface area contributed by atoms with Crippen LogP contribution in [0.25, 0.3) is 97.4 Å². The minimum atomic E-state index is 1.18. The molecule has 52 heavy (non-hydrogen) atoms. The van der Waals surface area contributed by atoms with Crippen LogP contribution in [-0.2, 0) is 0 Å². The Hall–Kier alpha value is -6.42. The number of nitrogens with zero attached hydrogens (tertiary/aromatic N) is 2. The Balaban J connectivity index is 1.11. The Morgan fingerprint density at radius 3 is 1.63 bits per heavy atom. The molecule has 0 aliphatic heterocycles. The zero-order valence-electron chi connectivity index (χ0n) is 28.5. The van der Waals surface area contributed by atoms with Gasteiger partial charge in [0.15, 0.2) is 0 Å². The van der Waals surface area contributed by atoms with E-state index in [0.717, 1.165) is 0 Å². The first-order chi connectivity index (χ1) is 25.7. The molecule has 0 aliphatic rings. The van der Waals surface area contributed by atoms with Gasteiger partial charge >= 0.3 is 0 Å². The van der Waals surface area contributed by atoms with Gasteiger partial charge in [-0.3, -0.25) is 0 Å². The Morgan fingerprint density at radius 1 is 0.365 bits per heavy atom. The first-order valence-corrected chi connectivity index (χ1v) is 18.7. The summed E-state index contributed by atoms with van der Waals surface area (Å²) in [6, 6.07) is 64.9. The van der Waals surface area contributed by atoms with Gasteiger partial charge in [0.05, 0.1) is 27.8 Å². The van der Waals surface area contributed by atoms with Crippen molar-refractivity contribution in [3.05, 3.63) is 181 Å². The number of fused-ring (bicyclic) bond motifs is 9. The highest BCUT2D eigenvalue weighted by Crippen LogP contribution is 2.42. The number of rotatable bonds is 4. The Morgan fingerprint density at radius 2 is 0.904 bits per heavy atom. The summed E-state index contributed by atoms with van der Waals surface area (Å²) < 4.78 is 7.51. The lowest BCUT2D eigenvalue weighted by Crippen LogP contribution is -1.98. The van der Waals surface area contributed by atoms with Gasteiger partial charge in [0, 0.05) is 53.0 Å². The summed E-state index contributed by atoms with van der Waals surface area (Å²) >= 11 is 1.87. The summed E-state index contributed by atoms with van der Waals surface area (Å²) in [6.07, 6.45) is 0. The van der Waals surface area contributed by atoms with Crippen LogP contribution in [0.4, 0.5) is 0 Å². The van der Waals surface area contributed by atoms with Gasteiger partial charge in [-0.05, 0) is 102 Å². The van der Waals surface area contributed by atoms with Crippen LogP contribution in [0.15, 0.2) is 176 Å². The average Bonchev–Trinajstić information content (AvgIpc) is 3.85. The maximum absolute atomic E-state index is 2.48. The fraction of sp³-hybridized carbons (Fsp3) is 0.0204. The lowest BCUT2D eigenvalue weighted by molar-refractivity contribution is 1.17. The van der Waals surface area contributed by atoms with Crippen LogP contribution in [0.2, 0.25) is 0 Å². The highest BCUT2D eigenvalue weighted by molar-refractivity contribution is 7.25. The summed E-state index contributed by atoms with van der Waals surface area (Å²) in [7, 11) is 0. The fourth-order valence-corrected chi connectivity index (χ4v) is 9.47. The normalized spacial score (nSPS) is 11.9.